The standard InChI is InChI=1S/C14H16N2O2S/c1-2-5-9-14(17)16-13(15-9)11-8-19-12-7-4-3-6-10(12)18-11/h3-4,6-7,9,11H,2,5,8H2,1H3,(H,15,16,17). The zero-order valence-corrected chi connectivity index (χ0v) is 11.6. The van der Waals surface area contributed by atoms with E-state index in [2.05, 4.69) is 17.2 Å². The highest BCUT2D eigenvalue weighted by atomic mass is 32.2. The molecule has 1 aromatic carbocycles. The maximum atomic E-state index is 11.8. The summed E-state index contributed by atoms with van der Waals surface area (Å²) < 4.78 is 5.92. The summed E-state index contributed by atoms with van der Waals surface area (Å²) >= 11 is 1.74. The van der Waals surface area contributed by atoms with Gasteiger partial charge in [-0.25, -0.2) is 0 Å². The predicted molar refractivity (Wildman–Crippen MR) is 75.9 cm³/mol. The van der Waals surface area contributed by atoms with Gasteiger partial charge in [0, 0.05) is 10.6 Å². The lowest BCUT2D eigenvalue weighted by Crippen LogP contribution is -2.41. The predicted octanol–water partition coefficient (Wildman–Crippen LogP) is 2.24. The quantitative estimate of drug-likeness (QED) is 0.921. The molecule has 0 bridgehead atoms. The molecule has 0 fully saturated rings. The van der Waals surface area contributed by atoms with E-state index in [9.17, 15) is 4.79 Å². The van der Waals surface area contributed by atoms with Crippen LogP contribution >= 0.6 is 11.8 Å². The number of hydrogen-bond acceptors (Lipinski definition) is 4. The maximum Gasteiger partial charge on any atom is 0.250 e. The van der Waals surface area contributed by atoms with Gasteiger partial charge in [-0.1, -0.05) is 25.5 Å². The first-order chi connectivity index (χ1) is 9.28. The Labute approximate surface area is 116 Å². The fraction of sp³-hybridized carbons (Fsp3) is 0.429. The number of carbonyl (C=O) groups excluding carboxylic acids is 1. The summed E-state index contributed by atoms with van der Waals surface area (Å²) in [5, 5.41) is 2.86. The van der Waals surface area contributed by atoms with Gasteiger partial charge in [-0.3, -0.25) is 9.79 Å². The van der Waals surface area contributed by atoms with Gasteiger partial charge in [0.1, 0.15) is 17.6 Å². The molecule has 3 rings (SSSR count). The molecule has 0 spiro atoms. The van der Waals surface area contributed by atoms with Gasteiger partial charge in [0.2, 0.25) is 5.91 Å². The highest BCUT2D eigenvalue weighted by Gasteiger charge is 2.33. The molecule has 2 unspecified atom stereocenters. The van der Waals surface area contributed by atoms with Crippen LogP contribution in [0.5, 0.6) is 5.75 Å². The number of benzene rings is 1. The van der Waals surface area contributed by atoms with Crippen molar-refractivity contribution in [2.75, 3.05) is 5.75 Å². The lowest BCUT2D eigenvalue weighted by atomic mass is 10.2. The first kappa shape index (κ1) is 12.5. The van der Waals surface area contributed by atoms with Crippen molar-refractivity contribution in [3.8, 4) is 5.75 Å². The normalized spacial score (nSPS) is 25.3. The average molecular weight is 276 g/mol. The molecule has 0 radical (unpaired) electrons. The number of thioether (sulfide) groups is 1. The van der Waals surface area contributed by atoms with E-state index in [0.717, 1.165) is 29.2 Å². The van der Waals surface area contributed by atoms with Crippen LogP contribution in [-0.4, -0.2) is 29.6 Å². The molecule has 1 N–H and O–H groups in total. The number of amidine groups is 1. The number of carbonyl (C=O) groups is 1. The zero-order valence-electron chi connectivity index (χ0n) is 10.8. The molecule has 1 aromatic rings. The van der Waals surface area contributed by atoms with Crippen molar-refractivity contribution in [2.24, 2.45) is 4.99 Å². The number of ether oxygens (including phenoxy) is 1. The topological polar surface area (TPSA) is 50.7 Å². The van der Waals surface area contributed by atoms with Gasteiger partial charge in [0.15, 0.2) is 6.10 Å². The van der Waals surface area contributed by atoms with Crippen molar-refractivity contribution in [1.29, 1.82) is 0 Å². The molecular weight excluding hydrogens is 260 g/mol. The van der Waals surface area contributed by atoms with Crippen molar-refractivity contribution in [3.05, 3.63) is 24.3 Å². The number of para-hydroxylation sites is 1. The SMILES string of the molecule is CCCC1N=C(C2CSc3ccccc3O2)NC1=O. The van der Waals surface area contributed by atoms with Crippen LogP contribution in [0.15, 0.2) is 34.2 Å². The number of fused-ring (bicyclic) bond motifs is 1. The van der Waals surface area contributed by atoms with Gasteiger partial charge in [-0.05, 0) is 18.6 Å². The second-order valence-corrected chi connectivity index (χ2v) is 5.73. The van der Waals surface area contributed by atoms with E-state index >= 15 is 0 Å². The molecule has 2 heterocycles. The van der Waals surface area contributed by atoms with Crippen molar-refractivity contribution in [3.63, 3.8) is 0 Å². The van der Waals surface area contributed by atoms with E-state index in [1.807, 2.05) is 24.3 Å². The molecule has 1 amide bonds. The van der Waals surface area contributed by atoms with Crippen molar-refractivity contribution in [2.45, 2.75) is 36.8 Å². The fourth-order valence-corrected chi connectivity index (χ4v) is 3.25. The minimum atomic E-state index is -0.231. The third kappa shape index (κ3) is 2.47. The maximum absolute atomic E-state index is 11.8. The molecule has 0 aliphatic carbocycles. The van der Waals surface area contributed by atoms with Crippen LogP contribution in [0.3, 0.4) is 0 Å². The minimum Gasteiger partial charge on any atom is -0.480 e. The average Bonchev–Trinajstić information content (AvgIpc) is 2.80. The molecular formula is C14H16N2O2S. The van der Waals surface area contributed by atoms with Crippen LogP contribution in [0.25, 0.3) is 0 Å². The Balaban J connectivity index is 1.75. The van der Waals surface area contributed by atoms with Crippen molar-refractivity contribution >= 4 is 23.5 Å². The van der Waals surface area contributed by atoms with E-state index in [4.69, 9.17) is 4.74 Å². The zero-order chi connectivity index (χ0) is 13.2. The van der Waals surface area contributed by atoms with E-state index in [0.29, 0.717) is 5.84 Å². The molecule has 0 saturated carbocycles. The highest BCUT2D eigenvalue weighted by molar-refractivity contribution is 7.99. The smallest absolute Gasteiger partial charge is 0.250 e. The minimum absolute atomic E-state index is 0.00399. The third-order valence-corrected chi connectivity index (χ3v) is 4.34. The van der Waals surface area contributed by atoms with Gasteiger partial charge in [-0.15, -0.1) is 11.8 Å². The number of amides is 1. The van der Waals surface area contributed by atoms with Crippen LogP contribution in [0.1, 0.15) is 19.8 Å². The first-order valence-electron chi connectivity index (χ1n) is 6.55. The van der Waals surface area contributed by atoms with Crippen LogP contribution in [-0.2, 0) is 4.79 Å². The van der Waals surface area contributed by atoms with Crippen LogP contribution in [0, 0.1) is 0 Å². The third-order valence-electron chi connectivity index (χ3n) is 3.22. The van der Waals surface area contributed by atoms with E-state index in [1.54, 1.807) is 11.8 Å². The summed E-state index contributed by atoms with van der Waals surface area (Å²) in [4.78, 5) is 17.4. The molecule has 2 aliphatic heterocycles. The second kappa shape index (κ2) is 5.25. The van der Waals surface area contributed by atoms with Gasteiger partial charge in [0.05, 0.1) is 0 Å². The Hall–Kier alpha value is -1.49. The molecule has 0 aromatic heterocycles. The Kier molecular flexibility index (Phi) is 3.46. The molecule has 0 saturated heterocycles. The Bertz CT molecular complexity index is 530. The number of nitrogens with zero attached hydrogens (tertiary/aromatic N) is 1. The first-order valence-corrected chi connectivity index (χ1v) is 7.53. The summed E-state index contributed by atoms with van der Waals surface area (Å²) in [6.45, 7) is 2.06. The fourth-order valence-electron chi connectivity index (χ4n) is 2.26. The van der Waals surface area contributed by atoms with Gasteiger partial charge < -0.3 is 10.1 Å². The van der Waals surface area contributed by atoms with E-state index in [-0.39, 0.29) is 18.1 Å². The molecule has 2 aliphatic rings. The lowest BCUT2D eigenvalue weighted by molar-refractivity contribution is -0.120. The van der Waals surface area contributed by atoms with Crippen LogP contribution in [0.4, 0.5) is 0 Å². The van der Waals surface area contributed by atoms with Gasteiger partial charge >= 0.3 is 0 Å². The summed E-state index contributed by atoms with van der Waals surface area (Å²) in [6, 6.07) is 7.73. The number of aliphatic imine (C=N–C) groups is 1. The van der Waals surface area contributed by atoms with Gasteiger partial charge in [-0.2, -0.15) is 0 Å². The number of hydrogen-bond donors (Lipinski definition) is 1. The van der Waals surface area contributed by atoms with Crippen LogP contribution < -0.4 is 10.1 Å². The van der Waals surface area contributed by atoms with Gasteiger partial charge in [0.25, 0.3) is 0 Å². The number of rotatable bonds is 3. The highest BCUT2D eigenvalue weighted by Crippen LogP contribution is 2.35. The monoisotopic (exact) mass is 276 g/mol. The summed E-state index contributed by atoms with van der Waals surface area (Å²) in [5.74, 6) is 2.35. The number of nitrogens with one attached hydrogen (secondary N) is 1. The molecule has 5 heteroatoms. The largest absolute Gasteiger partial charge is 0.480 e. The second-order valence-electron chi connectivity index (χ2n) is 4.67. The summed E-state index contributed by atoms with van der Waals surface area (Å²) in [6.07, 6.45) is 1.61. The van der Waals surface area contributed by atoms with E-state index < -0.39 is 0 Å². The Morgan fingerprint density at radius 3 is 3.16 bits per heavy atom. The Morgan fingerprint density at radius 1 is 1.47 bits per heavy atom. The van der Waals surface area contributed by atoms with Crippen molar-refractivity contribution in [1.82, 2.24) is 5.32 Å². The summed E-state index contributed by atoms with van der Waals surface area (Å²) in [7, 11) is 0. The molecule has 19 heavy (non-hydrogen) atoms. The summed E-state index contributed by atoms with van der Waals surface area (Å²) in [5.41, 5.74) is 0. The Morgan fingerprint density at radius 2 is 2.32 bits per heavy atom. The van der Waals surface area contributed by atoms with Crippen LogP contribution in [0.2, 0.25) is 0 Å². The molecule has 100 valence electrons. The molecule has 2 atom stereocenters. The molecule has 4 nitrogen and oxygen atoms in total. The van der Waals surface area contributed by atoms with Crippen molar-refractivity contribution < 1.29 is 9.53 Å². The van der Waals surface area contributed by atoms with E-state index in [1.165, 1.54) is 0 Å². The lowest BCUT2D eigenvalue weighted by Gasteiger charge is -2.25.